The Hall–Kier alpha value is -2.64. The normalized spacial score (nSPS) is 10.2. The number of hydrogen-bond acceptors (Lipinski definition) is 4. The van der Waals surface area contributed by atoms with E-state index in [9.17, 15) is 14.7 Å². The first-order chi connectivity index (χ1) is 11.7. The molecule has 0 fully saturated rings. The fourth-order valence-electron chi connectivity index (χ4n) is 2.09. The molecule has 0 aliphatic rings. The van der Waals surface area contributed by atoms with Gasteiger partial charge < -0.3 is 15.5 Å². The lowest BCUT2D eigenvalue weighted by Crippen LogP contribution is -2.34. The van der Waals surface area contributed by atoms with Crippen molar-refractivity contribution in [2.45, 2.75) is 13.8 Å². The fraction of sp³-hybridized carbons (Fsp3) is 0.118. The molecule has 2 aromatic rings. The first kappa shape index (κ1) is 18.7. The lowest BCUT2D eigenvalue weighted by molar-refractivity contribution is 0.0693. The molecule has 0 aromatic heterocycles. The zero-order chi connectivity index (χ0) is 18.7. The number of nitrogens with one attached hydrogen (secondary N) is 2. The van der Waals surface area contributed by atoms with E-state index in [2.05, 4.69) is 10.6 Å². The Balaban J connectivity index is 2.13. The zero-order valence-electron chi connectivity index (χ0n) is 13.4. The second-order valence-corrected chi connectivity index (χ2v) is 6.18. The van der Waals surface area contributed by atoms with E-state index in [4.69, 9.17) is 28.9 Å². The fourth-order valence-corrected chi connectivity index (χ4v) is 2.48. The summed E-state index contributed by atoms with van der Waals surface area (Å²) in [5.41, 5.74) is 1.62. The van der Waals surface area contributed by atoms with Gasteiger partial charge in [-0.1, -0.05) is 17.7 Å². The van der Waals surface area contributed by atoms with E-state index < -0.39 is 11.9 Å². The van der Waals surface area contributed by atoms with Gasteiger partial charge in [0.2, 0.25) is 0 Å². The number of carboxylic acid groups (broad SMARTS) is 1. The standard InChI is InChI=1S/C17H15ClN2O4S/c1-8-3-4-10(6-13(8)18)15(22)20-17(25)19-11-5-9(2)14(21)12(7-11)16(23)24/h3-7,21H,1-2H3,(H,23,24)(H2,19,20,22,25). The maximum absolute atomic E-state index is 12.2. The van der Waals surface area contributed by atoms with Crippen LogP contribution in [0.25, 0.3) is 0 Å². The Kier molecular flexibility index (Phi) is 5.61. The summed E-state index contributed by atoms with van der Waals surface area (Å²) >= 11 is 11.1. The molecule has 0 aliphatic carbocycles. The lowest BCUT2D eigenvalue weighted by Gasteiger charge is -2.12. The Bertz CT molecular complexity index is 883. The Morgan fingerprint density at radius 3 is 2.40 bits per heavy atom. The zero-order valence-corrected chi connectivity index (χ0v) is 15.0. The first-order valence-electron chi connectivity index (χ1n) is 7.14. The average molecular weight is 379 g/mol. The first-order valence-corrected chi connectivity index (χ1v) is 7.93. The molecule has 0 spiro atoms. The van der Waals surface area contributed by atoms with E-state index in [1.165, 1.54) is 18.2 Å². The van der Waals surface area contributed by atoms with Gasteiger partial charge in [-0.15, -0.1) is 0 Å². The molecule has 0 saturated carbocycles. The van der Waals surface area contributed by atoms with Crippen LogP contribution in [0.4, 0.5) is 5.69 Å². The quantitative estimate of drug-likeness (QED) is 0.482. The van der Waals surface area contributed by atoms with Gasteiger partial charge in [0, 0.05) is 16.3 Å². The molecule has 0 aliphatic heterocycles. The molecule has 0 bridgehead atoms. The van der Waals surface area contributed by atoms with Crippen LogP contribution < -0.4 is 10.6 Å². The van der Waals surface area contributed by atoms with Crippen LogP contribution in [0, 0.1) is 13.8 Å². The SMILES string of the molecule is Cc1ccc(C(=O)NC(=S)Nc2cc(C)c(O)c(C(=O)O)c2)cc1Cl. The number of amides is 1. The molecule has 2 rings (SSSR count). The summed E-state index contributed by atoms with van der Waals surface area (Å²) in [4.78, 5) is 23.3. The van der Waals surface area contributed by atoms with Crippen molar-refractivity contribution >= 4 is 46.5 Å². The number of anilines is 1. The van der Waals surface area contributed by atoms with Crippen molar-refractivity contribution in [2.75, 3.05) is 5.32 Å². The second kappa shape index (κ2) is 7.50. The molecule has 25 heavy (non-hydrogen) atoms. The number of rotatable bonds is 3. The maximum Gasteiger partial charge on any atom is 0.339 e. The summed E-state index contributed by atoms with van der Waals surface area (Å²) < 4.78 is 0. The van der Waals surface area contributed by atoms with Crippen LogP contribution in [-0.2, 0) is 0 Å². The van der Waals surface area contributed by atoms with Crippen molar-refractivity contribution in [3.05, 3.63) is 57.6 Å². The van der Waals surface area contributed by atoms with Gasteiger partial charge in [0.15, 0.2) is 5.11 Å². The number of carbonyl (C=O) groups excluding carboxylic acids is 1. The number of aromatic carboxylic acids is 1. The minimum absolute atomic E-state index is 0.0110. The van der Waals surface area contributed by atoms with Crippen LogP contribution in [-0.4, -0.2) is 27.2 Å². The van der Waals surface area contributed by atoms with Crippen LogP contribution in [0.3, 0.4) is 0 Å². The molecule has 4 N–H and O–H groups in total. The molecule has 6 nitrogen and oxygen atoms in total. The number of benzene rings is 2. The van der Waals surface area contributed by atoms with Crippen molar-refractivity contribution in [3.8, 4) is 5.75 Å². The molecule has 0 unspecified atom stereocenters. The maximum atomic E-state index is 12.2. The van der Waals surface area contributed by atoms with E-state index in [0.29, 0.717) is 21.8 Å². The minimum atomic E-state index is -1.27. The largest absolute Gasteiger partial charge is 0.507 e. The Morgan fingerprint density at radius 2 is 1.80 bits per heavy atom. The van der Waals surface area contributed by atoms with Gasteiger partial charge >= 0.3 is 5.97 Å². The van der Waals surface area contributed by atoms with E-state index >= 15 is 0 Å². The smallest absolute Gasteiger partial charge is 0.339 e. The number of hydrogen-bond donors (Lipinski definition) is 4. The number of halogens is 1. The highest BCUT2D eigenvalue weighted by atomic mass is 35.5. The molecule has 0 saturated heterocycles. The highest BCUT2D eigenvalue weighted by Crippen LogP contribution is 2.26. The monoisotopic (exact) mass is 378 g/mol. The second-order valence-electron chi connectivity index (χ2n) is 5.37. The molecule has 0 atom stereocenters. The van der Waals surface area contributed by atoms with Crippen molar-refractivity contribution in [2.24, 2.45) is 0 Å². The van der Waals surface area contributed by atoms with Gasteiger partial charge in [0.05, 0.1) is 0 Å². The average Bonchev–Trinajstić information content (AvgIpc) is 2.52. The van der Waals surface area contributed by atoms with Crippen LogP contribution in [0.1, 0.15) is 31.8 Å². The highest BCUT2D eigenvalue weighted by molar-refractivity contribution is 7.80. The molecule has 2 aromatic carbocycles. The molecule has 8 heteroatoms. The molecule has 1 amide bonds. The number of aryl methyl sites for hydroxylation is 2. The summed E-state index contributed by atoms with van der Waals surface area (Å²) in [6.45, 7) is 3.38. The van der Waals surface area contributed by atoms with E-state index in [-0.39, 0.29) is 16.4 Å². The van der Waals surface area contributed by atoms with Crippen molar-refractivity contribution in [1.82, 2.24) is 5.32 Å². The summed E-state index contributed by atoms with van der Waals surface area (Å²) in [7, 11) is 0. The lowest BCUT2D eigenvalue weighted by atomic mass is 10.1. The van der Waals surface area contributed by atoms with Gasteiger partial charge in [-0.05, 0) is 61.5 Å². The number of carbonyl (C=O) groups is 2. The van der Waals surface area contributed by atoms with Gasteiger partial charge in [0.1, 0.15) is 11.3 Å². The van der Waals surface area contributed by atoms with Crippen molar-refractivity contribution in [1.29, 1.82) is 0 Å². The van der Waals surface area contributed by atoms with E-state index in [1.807, 2.05) is 6.92 Å². The van der Waals surface area contributed by atoms with Gasteiger partial charge in [-0.25, -0.2) is 4.79 Å². The van der Waals surface area contributed by atoms with Crippen LogP contribution in [0.5, 0.6) is 5.75 Å². The predicted molar refractivity (Wildman–Crippen MR) is 99.7 cm³/mol. The number of carboxylic acids is 1. The van der Waals surface area contributed by atoms with Crippen LogP contribution >= 0.6 is 23.8 Å². The van der Waals surface area contributed by atoms with Crippen molar-refractivity contribution in [3.63, 3.8) is 0 Å². The third kappa shape index (κ3) is 4.46. The summed E-state index contributed by atoms with van der Waals surface area (Å²) in [6, 6.07) is 7.61. The van der Waals surface area contributed by atoms with E-state index in [0.717, 1.165) is 5.56 Å². The molecular weight excluding hydrogens is 364 g/mol. The van der Waals surface area contributed by atoms with Crippen LogP contribution in [0.15, 0.2) is 30.3 Å². The number of phenols is 1. The highest BCUT2D eigenvalue weighted by Gasteiger charge is 2.15. The third-order valence-electron chi connectivity index (χ3n) is 3.45. The molecule has 130 valence electrons. The molecule has 0 radical (unpaired) electrons. The van der Waals surface area contributed by atoms with Crippen LogP contribution in [0.2, 0.25) is 5.02 Å². The minimum Gasteiger partial charge on any atom is -0.507 e. The van der Waals surface area contributed by atoms with E-state index in [1.54, 1.807) is 19.1 Å². The summed E-state index contributed by atoms with van der Waals surface area (Å²) in [5.74, 6) is -2.04. The van der Waals surface area contributed by atoms with Gasteiger partial charge in [-0.3, -0.25) is 10.1 Å². The Morgan fingerprint density at radius 1 is 1.12 bits per heavy atom. The molecule has 0 heterocycles. The summed E-state index contributed by atoms with van der Waals surface area (Å²) in [6.07, 6.45) is 0. The topological polar surface area (TPSA) is 98.7 Å². The molecular formula is C17H15ClN2O4S. The Labute approximate surface area is 154 Å². The number of aromatic hydroxyl groups is 1. The van der Waals surface area contributed by atoms with Gasteiger partial charge in [-0.2, -0.15) is 0 Å². The summed E-state index contributed by atoms with van der Waals surface area (Å²) in [5, 5.41) is 24.5. The van der Waals surface area contributed by atoms with Crippen molar-refractivity contribution < 1.29 is 19.8 Å². The predicted octanol–water partition coefficient (Wildman–Crippen LogP) is 3.49. The third-order valence-corrected chi connectivity index (χ3v) is 4.06. The number of thiocarbonyl (C=S) groups is 1. The van der Waals surface area contributed by atoms with Gasteiger partial charge in [0.25, 0.3) is 5.91 Å².